The molecule has 0 aliphatic heterocycles. The van der Waals surface area contributed by atoms with Gasteiger partial charge in [0.25, 0.3) is 5.56 Å². The summed E-state index contributed by atoms with van der Waals surface area (Å²) in [4.78, 5) is 15.1. The van der Waals surface area contributed by atoms with Crippen LogP contribution in [-0.4, -0.2) is 39.3 Å². The van der Waals surface area contributed by atoms with Gasteiger partial charge < -0.3 is 14.5 Å². The summed E-state index contributed by atoms with van der Waals surface area (Å²) < 4.78 is 11.0. The molecule has 0 fully saturated rings. The number of aromatic nitrogens is 5. The first-order valence-corrected chi connectivity index (χ1v) is 7.51. The van der Waals surface area contributed by atoms with Crippen LogP contribution in [0.15, 0.2) is 35.1 Å². The van der Waals surface area contributed by atoms with Crippen molar-refractivity contribution >= 4 is 0 Å². The van der Waals surface area contributed by atoms with Crippen molar-refractivity contribution in [2.24, 2.45) is 0 Å². The van der Waals surface area contributed by atoms with Crippen LogP contribution in [0.4, 0.5) is 0 Å². The second-order valence-electron chi connectivity index (χ2n) is 5.06. The Kier molecular flexibility index (Phi) is 4.55. The quantitative estimate of drug-likeness (QED) is 0.717. The molecule has 0 aliphatic rings. The SMILES string of the molecule is CCCOc1ccc(-c2ccc(-c3nn[nH]n3)c(=O)[nH]2)c(OC)c1. The number of methoxy groups -OCH3 is 1. The van der Waals surface area contributed by atoms with Crippen molar-refractivity contribution in [3.63, 3.8) is 0 Å². The van der Waals surface area contributed by atoms with Crippen molar-refractivity contribution in [2.75, 3.05) is 13.7 Å². The van der Waals surface area contributed by atoms with E-state index in [0.29, 0.717) is 23.6 Å². The maximum Gasteiger partial charge on any atom is 0.259 e. The number of hydrogen-bond donors (Lipinski definition) is 2. The van der Waals surface area contributed by atoms with Crippen molar-refractivity contribution < 1.29 is 9.47 Å². The smallest absolute Gasteiger partial charge is 0.259 e. The number of rotatable bonds is 6. The third-order valence-corrected chi connectivity index (χ3v) is 3.43. The summed E-state index contributed by atoms with van der Waals surface area (Å²) in [7, 11) is 1.58. The molecule has 0 saturated heterocycles. The average Bonchev–Trinajstić information content (AvgIpc) is 3.14. The van der Waals surface area contributed by atoms with Crippen LogP contribution in [0.2, 0.25) is 0 Å². The maximum absolute atomic E-state index is 12.3. The standard InChI is InChI=1S/C16H17N5O3/c1-3-8-24-10-4-5-11(14(9-10)23-2)13-7-6-12(16(22)17-13)15-18-20-21-19-15/h4-7,9H,3,8H2,1-2H3,(H,17,22)(H,18,19,20,21). The minimum atomic E-state index is -0.303. The predicted octanol–water partition coefficient (Wildman–Crippen LogP) is 2.02. The number of pyridine rings is 1. The van der Waals surface area contributed by atoms with Gasteiger partial charge in [-0.05, 0) is 35.9 Å². The first kappa shape index (κ1) is 15.7. The van der Waals surface area contributed by atoms with Crippen LogP contribution in [0.1, 0.15) is 13.3 Å². The summed E-state index contributed by atoms with van der Waals surface area (Å²) in [6.07, 6.45) is 0.926. The van der Waals surface area contributed by atoms with Gasteiger partial charge in [-0.3, -0.25) is 4.79 Å². The Hall–Kier alpha value is -3.16. The lowest BCUT2D eigenvalue weighted by molar-refractivity contribution is 0.315. The lowest BCUT2D eigenvalue weighted by Crippen LogP contribution is -2.10. The molecule has 0 radical (unpaired) electrons. The minimum Gasteiger partial charge on any atom is -0.496 e. The molecule has 0 spiro atoms. The second-order valence-corrected chi connectivity index (χ2v) is 5.06. The molecule has 1 aromatic carbocycles. The van der Waals surface area contributed by atoms with Crippen molar-refractivity contribution in [3.8, 4) is 34.1 Å². The fourth-order valence-electron chi connectivity index (χ4n) is 2.29. The van der Waals surface area contributed by atoms with Gasteiger partial charge in [0.05, 0.1) is 25.0 Å². The van der Waals surface area contributed by atoms with Crippen LogP contribution >= 0.6 is 0 Å². The summed E-state index contributed by atoms with van der Waals surface area (Å²) in [5.74, 6) is 1.59. The van der Waals surface area contributed by atoms with E-state index in [1.807, 2.05) is 19.1 Å². The largest absolute Gasteiger partial charge is 0.496 e. The third-order valence-electron chi connectivity index (χ3n) is 3.43. The zero-order valence-corrected chi connectivity index (χ0v) is 13.4. The van der Waals surface area contributed by atoms with E-state index in [-0.39, 0.29) is 11.4 Å². The van der Waals surface area contributed by atoms with Gasteiger partial charge in [-0.1, -0.05) is 6.92 Å². The molecule has 3 aromatic rings. The predicted molar refractivity (Wildman–Crippen MR) is 88.0 cm³/mol. The summed E-state index contributed by atoms with van der Waals surface area (Å²) in [5, 5.41) is 13.4. The minimum absolute atomic E-state index is 0.248. The van der Waals surface area contributed by atoms with Gasteiger partial charge in [0.1, 0.15) is 11.5 Å². The van der Waals surface area contributed by atoms with Gasteiger partial charge in [-0.15, -0.1) is 10.2 Å². The number of hydrogen-bond acceptors (Lipinski definition) is 6. The molecule has 2 N–H and O–H groups in total. The molecule has 0 aliphatic carbocycles. The Bertz CT molecular complexity index is 874. The topological polar surface area (TPSA) is 106 Å². The molecular weight excluding hydrogens is 310 g/mol. The lowest BCUT2D eigenvalue weighted by Gasteiger charge is -2.11. The zero-order valence-electron chi connectivity index (χ0n) is 13.4. The van der Waals surface area contributed by atoms with Crippen molar-refractivity contribution in [2.45, 2.75) is 13.3 Å². The van der Waals surface area contributed by atoms with E-state index in [1.54, 1.807) is 25.3 Å². The van der Waals surface area contributed by atoms with Crippen LogP contribution in [0, 0.1) is 0 Å². The van der Waals surface area contributed by atoms with Crippen LogP contribution in [-0.2, 0) is 0 Å². The van der Waals surface area contributed by atoms with Gasteiger partial charge in [0, 0.05) is 11.6 Å². The fourth-order valence-corrected chi connectivity index (χ4v) is 2.29. The molecule has 2 aromatic heterocycles. The van der Waals surface area contributed by atoms with Gasteiger partial charge in [0.15, 0.2) is 0 Å². The highest BCUT2D eigenvalue weighted by Crippen LogP contribution is 2.32. The van der Waals surface area contributed by atoms with E-state index in [9.17, 15) is 4.79 Å². The van der Waals surface area contributed by atoms with Crippen LogP contribution in [0.25, 0.3) is 22.6 Å². The first-order chi connectivity index (χ1) is 11.7. The highest BCUT2D eigenvalue weighted by molar-refractivity contribution is 5.70. The Morgan fingerprint density at radius 3 is 2.67 bits per heavy atom. The molecule has 0 bridgehead atoms. The van der Waals surface area contributed by atoms with E-state index in [2.05, 4.69) is 25.6 Å². The number of benzene rings is 1. The maximum atomic E-state index is 12.3. The summed E-state index contributed by atoms with van der Waals surface area (Å²) in [6, 6.07) is 8.93. The molecule has 0 saturated carbocycles. The Balaban J connectivity index is 1.97. The summed E-state index contributed by atoms with van der Waals surface area (Å²) >= 11 is 0. The zero-order chi connectivity index (χ0) is 16.9. The highest BCUT2D eigenvalue weighted by Gasteiger charge is 2.12. The normalized spacial score (nSPS) is 10.6. The van der Waals surface area contributed by atoms with Gasteiger partial charge in [-0.25, -0.2) is 0 Å². The van der Waals surface area contributed by atoms with E-state index in [1.165, 1.54) is 0 Å². The number of tetrazole rings is 1. The number of H-pyrrole nitrogens is 2. The molecule has 24 heavy (non-hydrogen) atoms. The van der Waals surface area contributed by atoms with E-state index in [0.717, 1.165) is 17.7 Å². The van der Waals surface area contributed by atoms with Crippen LogP contribution in [0.3, 0.4) is 0 Å². The van der Waals surface area contributed by atoms with Gasteiger partial charge in [-0.2, -0.15) is 5.21 Å². The molecular formula is C16H17N5O3. The average molecular weight is 327 g/mol. The molecule has 0 amide bonds. The molecule has 8 nitrogen and oxygen atoms in total. The molecule has 0 unspecified atom stereocenters. The van der Waals surface area contributed by atoms with E-state index in [4.69, 9.17) is 9.47 Å². The number of ether oxygens (including phenoxy) is 2. The Morgan fingerprint density at radius 2 is 2.00 bits per heavy atom. The van der Waals surface area contributed by atoms with Gasteiger partial charge in [0.2, 0.25) is 5.82 Å². The third kappa shape index (κ3) is 3.12. The molecule has 0 atom stereocenters. The van der Waals surface area contributed by atoms with Gasteiger partial charge >= 0.3 is 0 Å². The van der Waals surface area contributed by atoms with Crippen LogP contribution in [0.5, 0.6) is 11.5 Å². The summed E-state index contributed by atoms with van der Waals surface area (Å²) in [5.41, 5.74) is 1.43. The number of nitrogens with zero attached hydrogens (tertiary/aromatic N) is 3. The van der Waals surface area contributed by atoms with Crippen molar-refractivity contribution in [3.05, 3.63) is 40.7 Å². The van der Waals surface area contributed by atoms with Crippen LogP contribution < -0.4 is 15.0 Å². The van der Waals surface area contributed by atoms with Crippen molar-refractivity contribution in [1.82, 2.24) is 25.6 Å². The fraction of sp³-hybridized carbons (Fsp3) is 0.250. The molecule has 124 valence electrons. The molecule has 3 rings (SSSR count). The number of aromatic amines is 2. The molecule has 2 heterocycles. The highest BCUT2D eigenvalue weighted by atomic mass is 16.5. The lowest BCUT2D eigenvalue weighted by atomic mass is 10.1. The van der Waals surface area contributed by atoms with E-state index >= 15 is 0 Å². The monoisotopic (exact) mass is 327 g/mol. The Morgan fingerprint density at radius 1 is 1.17 bits per heavy atom. The molecule has 8 heteroatoms. The van der Waals surface area contributed by atoms with E-state index < -0.39 is 0 Å². The Labute approximate surface area is 137 Å². The number of nitrogens with one attached hydrogen (secondary N) is 2. The first-order valence-electron chi connectivity index (χ1n) is 7.51. The summed E-state index contributed by atoms with van der Waals surface area (Å²) in [6.45, 7) is 2.68. The van der Waals surface area contributed by atoms with Crippen molar-refractivity contribution in [1.29, 1.82) is 0 Å². The second kappa shape index (κ2) is 6.95.